The second-order valence-electron chi connectivity index (χ2n) is 5.38. The van der Waals surface area contributed by atoms with Crippen molar-refractivity contribution >= 4 is 21.6 Å². The number of hydrogen-bond acceptors (Lipinski definition) is 7. The summed E-state index contributed by atoms with van der Waals surface area (Å²) in [7, 11) is 2.96. The molecule has 5 nitrogen and oxygen atoms in total. The van der Waals surface area contributed by atoms with Crippen LogP contribution in [0.2, 0.25) is 0 Å². The molecule has 0 aromatic carbocycles. The zero-order valence-corrected chi connectivity index (χ0v) is 14.2. The molecular formula is C14H28O5S2. The van der Waals surface area contributed by atoms with Crippen LogP contribution in [-0.2, 0) is 4.74 Å². The molecule has 0 aliphatic carbocycles. The van der Waals surface area contributed by atoms with Gasteiger partial charge in [0.1, 0.15) is 29.9 Å². The minimum absolute atomic E-state index is 0.371. The van der Waals surface area contributed by atoms with Gasteiger partial charge in [-0.15, -0.1) is 0 Å². The highest BCUT2D eigenvalue weighted by molar-refractivity contribution is 8.76. The Balaban J connectivity index is 2.16. The normalized spacial score (nSPS) is 33.3. The molecule has 0 aromatic rings. The summed E-state index contributed by atoms with van der Waals surface area (Å²) >= 11 is 0. The van der Waals surface area contributed by atoms with Gasteiger partial charge >= 0.3 is 0 Å². The van der Waals surface area contributed by atoms with E-state index in [0.29, 0.717) is 0 Å². The van der Waals surface area contributed by atoms with Gasteiger partial charge in [0.25, 0.3) is 0 Å². The first kappa shape index (κ1) is 19.5. The lowest BCUT2D eigenvalue weighted by atomic mass is 10.0. The molecule has 0 bridgehead atoms. The highest BCUT2D eigenvalue weighted by Crippen LogP contribution is 2.36. The molecule has 0 aromatic heterocycles. The van der Waals surface area contributed by atoms with Crippen LogP contribution in [0.25, 0.3) is 0 Å². The molecule has 21 heavy (non-hydrogen) atoms. The molecule has 0 amide bonds. The van der Waals surface area contributed by atoms with E-state index in [4.69, 9.17) is 9.84 Å². The lowest BCUT2D eigenvalue weighted by molar-refractivity contribution is -0.205. The van der Waals surface area contributed by atoms with Crippen LogP contribution in [0, 0.1) is 0 Å². The van der Waals surface area contributed by atoms with Crippen LogP contribution in [0.3, 0.4) is 0 Å². The van der Waals surface area contributed by atoms with Gasteiger partial charge in [-0.25, -0.2) is 0 Å². The minimum Gasteiger partial charge on any atom is -0.394 e. The average molecular weight is 341 g/mol. The Labute approximate surface area is 134 Å². The first-order valence-corrected chi connectivity index (χ1v) is 10.1. The van der Waals surface area contributed by atoms with Crippen LogP contribution in [0.1, 0.15) is 45.4 Å². The number of ether oxygens (including phenoxy) is 1. The Morgan fingerprint density at radius 2 is 1.57 bits per heavy atom. The van der Waals surface area contributed by atoms with Gasteiger partial charge in [-0.2, -0.15) is 0 Å². The molecule has 2 unspecified atom stereocenters. The Morgan fingerprint density at radius 3 is 2.24 bits per heavy atom. The van der Waals surface area contributed by atoms with E-state index in [1.165, 1.54) is 42.9 Å². The SMILES string of the molecule is CCCCCCCCSS[C@@H]1OC(CO)[C@H](O)[C@H](O)C1O. The Bertz CT molecular complexity index is 268. The highest BCUT2D eigenvalue weighted by Gasteiger charge is 2.43. The number of hydrogen-bond donors (Lipinski definition) is 4. The predicted octanol–water partition coefficient (Wildman–Crippen LogP) is 1.53. The molecule has 1 aliphatic heterocycles. The van der Waals surface area contributed by atoms with E-state index in [1.807, 2.05) is 0 Å². The van der Waals surface area contributed by atoms with Crippen molar-refractivity contribution in [2.24, 2.45) is 0 Å². The van der Waals surface area contributed by atoms with E-state index >= 15 is 0 Å². The summed E-state index contributed by atoms with van der Waals surface area (Å²) in [5.41, 5.74) is -0.620. The van der Waals surface area contributed by atoms with Crippen molar-refractivity contribution in [3.63, 3.8) is 0 Å². The second kappa shape index (κ2) is 11.1. The van der Waals surface area contributed by atoms with Crippen LogP contribution in [-0.4, -0.2) is 62.6 Å². The van der Waals surface area contributed by atoms with Crippen molar-refractivity contribution < 1.29 is 25.2 Å². The Morgan fingerprint density at radius 1 is 0.905 bits per heavy atom. The quantitative estimate of drug-likeness (QED) is 0.354. The standard InChI is InChI=1S/C14H28O5S2/c1-2-3-4-5-6-7-8-20-21-14-13(18)12(17)11(16)10(9-15)19-14/h10-18H,2-9H2,1H3/t10?,11-,12-,13?,14-/m0/s1. The monoisotopic (exact) mass is 340 g/mol. The molecule has 0 saturated carbocycles. The highest BCUT2D eigenvalue weighted by atomic mass is 33.1. The summed E-state index contributed by atoms with van der Waals surface area (Å²) in [4.78, 5) is 0. The van der Waals surface area contributed by atoms with Crippen molar-refractivity contribution in [1.82, 2.24) is 0 Å². The maximum absolute atomic E-state index is 9.87. The van der Waals surface area contributed by atoms with E-state index < -0.39 is 29.9 Å². The maximum Gasteiger partial charge on any atom is 0.142 e. The summed E-state index contributed by atoms with van der Waals surface area (Å²) < 4.78 is 5.42. The fourth-order valence-electron chi connectivity index (χ4n) is 2.20. The summed E-state index contributed by atoms with van der Waals surface area (Å²) in [6.45, 7) is 1.83. The lowest BCUT2D eigenvalue weighted by Crippen LogP contribution is -2.57. The lowest BCUT2D eigenvalue weighted by Gasteiger charge is -2.39. The van der Waals surface area contributed by atoms with Gasteiger partial charge in [0.05, 0.1) is 6.61 Å². The maximum atomic E-state index is 9.87. The van der Waals surface area contributed by atoms with Gasteiger partial charge in [-0.1, -0.05) is 60.6 Å². The Hall–Kier alpha value is 0.500. The summed E-state index contributed by atoms with van der Waals surface area (Å²) in [5.74, 6) is 0.964. The van der Waals surface area contributed by atoms with Gasteiger partial charge in [-0.05, 0) is 6.42 Å². The number of unbranched alkanes of at least 4 members (excludes halogenated alkanes) is 5. The molecule has 7 heteroatoms. The third-order valence-corrected chi connectivity index (χ3v) is 6.24. The fourth-order valence-corrected chi connectivity index (χ4v) is 4.74. The van der Waals surface area contributed by atoms with Crippen LogP contribution in [0.4, 0.5) is 0 Å². The summed E-state index contributed by atoms with van der Waals surface area (Å²) in [6.07, 6.45) is 2.95. The van der Waals surface area contributed by atoms with E-state index in [1.54, 1.807) is 10.8 Å². The molecule has 1 fully saturated rings. The van der Waals surface area contributed by atoms with Gasteiger partial charge in [-0.3, -0.25) is 0 Å². The first-order chi connectivity index (χ1) is 10.1. The predicted molar refractivity (Wildman–Crippen MR) is 87.2 cm³/mol. The largest absolute Gasteiger partial charge is 0.394 e. The number of aliphatic hydroxyl groups is 4. The van der Waals surface area contributed by atoms with Crippen LogP contribution in [0.5, 0.6) is 0 Å². The van der Waals surface area contributed by atoms with E-state index in [9.17, 15) is 15.3 Å². The van der Waals surface area contributed by atoms with Gasteiger partial charge in [0.2, 0.25) is 0 Å². The zero-order chi connectivity index (χ0) is 15.7. The smallest absolute Gasteiger partial charge is 0.142 e. The third-order valence-electron chi connectivity index (χ3n) is 3.59. The van der Waals surface area contributed by atoms with Crippen molar-refractivity contribution in [3.8, 4) is 0 Å². The molecule has 0 spiro atoms. The topological polar surface area (TPSA) is 90.2 Å². The summed E-state index contributed by atoms with van der Waals surface area (Å²) in [6, 6.07) is 0. The molecule has 4 N–H and O–H groups in total. The average Bonchev–Trinajstić information content (AvgIpc) is 2.49. The first-order valence-electron chi connectivity index (χ1n) is 7.70. The Kier molecular flexibility index (Phi) is 10.3. The van der Waals surface area contributed by atoms with Crippen LogP contribution < -0.4 is 0 Å². The minimum atomic E-state index is -1.27. The second-order valence-corrected chi connectivity index (χ2v) is 7.97. The number of rotatable bonds is 10. The molecule has 5 atom stereocenters. The van der Waals surface area contributed by atoms with Gasteiger partial charge in [0.15, 0.2) is 0 Å². The van der Waals surface area contributed by atoms with Crippen LogP contribution in [0.15, 0.2) is 0 Å². The van der Waals surface area contributed by atoms with E-state index in [0.717, 1.165) is 12.2 Å². The third kappa shape index (κ3) is 6.64. The molecule has 1 heterocycles. The zero-order valence-electron chi connectivity index (χ0n) is 12.6. The van der Waals surface area contributed by atoms with Crippen molar-refractivity contribution in [3.05, 3.63) is 0 Å². The van der Waals surface area contributed by atoms with Gasteiger partial charge < -0.3 is 25.2 Å². The van der Waals surface area contributed by atoms with E-state index in [-0.39, 0.29) is 6.61 Å². The van der Waals surface area contributed by atoms with Crippen molar-refractivity contribution in [2.45, 2.75) is 75.3 Å². The summed E-state index contributed by atoms with van der Waals surface area (Å²) in [5, 5.41) is 38.3. The molecule has 1 rings (SSSR count). The molecule has 126 valence electrons. The van der Waals surface area contributed by atoms with Crippen molar-refractivity contribution in [2.75, 3.05) is 12.4 Å². The molecule has 1 aliphatic rings. The van der Waals surface area contributed by atoms with Crippen molar-refractivity contribution in [1.29, 1.82) is 0 Å². The van der Waals surface area contributed by atoms with Gasteiger partial charge in [0, 0.05) is 5.75 Å². The molecular weight excluding hydrogens is 312 g/mol. The molecule has 0 radical (unpaired) electrons. The van der Waals surface area contributed by atoms with E-state index in [2.05, 4.69) is 6.92 Å². The fraction of sp³-hybridized carbons (Fsp3) is 1.00. The van der Waals surface area contributed by atoms with Crippen LogP contribution >= 0.6 is 21.6 Å². The molecule has 1 saturated heterocycles. The number of aliphatic hydroxyl groups excluding tert-OH is 4.